The average molecular weight is 368 g/mol. The maximum absolute atomic E-state index is 12.5. The molecule has 2 atom stereocenters. The smallest absolute Gasteiger partial charge is 0.246 e. The van der Waals surface area contributed by atoms with E-state index >= 15 is 0 Å². The Kier molecular flexibility index (Phi) is 5.76. The van der Waals surface area contributed by atoms with Crippen LogP contribution in [0.1, 0.15) is 24.5 Å². The summed E-state index contributed by atoms with van der Waals surface area (Å²) in [5.41, 5.74) is 3.90. The number of methoxy groups -OCH3 is 2. The standard InChI is InChI=1S/C21H24N2O4/c1-4-27-21(16-8-6-5-7-9-16)13-17(21)20(24)23-22-14-15-10-11-18(25-2)19(12-15)26-3/h5-12,14,17H,4,13H2,1-3H3,(H,23,24)/b22-14+. The number of nitrogens with zero attached hydrogens (tertiary/aromatic N) is 1. The summed E-state index contributed by atoms with van der Waals surface area (Å²) in [6.07, 6.45) is 2.23. The molecule has 0 saturated heterocycles. The minimum atomic E-state index is -0.543. The van der Waals surface area contributed by atoms with E-state index in [4.69, 9.17) is 14.2 Å². The van der Waals surface area contributed by atoms with Crippen LogP contribution in [0.4, 0.5) is 0 Å². The van der Waals surface area contributed by atoms with Crippen molar-refractivity contribution in [2.45, 2.75) is 18.9 Å². The van der Waals surface area contributed by atoms with Gasteiger partial charge >= 0.3 is 0 Å². The van der Waals surface area contributed by atoms with Gasteiger partial charge in [-0.3, -0.25) is 4.79 Å². The molecule has 1 aliphatic carbocycles. The van der Waals surface area contributed by atoms with Gasteiger partial charge in [-0.15, -0.1) is 0 Å². The minimum Gasteiger partial charge on any atom is -0.493 e. The highest BCUT2D eigenvalue weighted by molar-refractivity contribution is 5.86. The van der Waals surface area contributed by atoms with Crippen molar-refractivity contribution in [2.75, 3.05) is 20.8 Å². The van der Waals surface area contributed by atoms with E-state index in [0.717, 1.165) is 11.1 Å². The molecule has 0 spiro atoms. The van der Waals surface area contributed by atoms with Crippen molar-refractivity contribution in [1.82, 2.24) is 5.43 Å². The third-order valence-corrected chi connectivity index (χ3v) is 4.69. The predicted octanol–water partition coefficient (Wildman–Crippen LogP) is 3.11. The number of rotatable bonds is 8. The normalized spacial score (nSPS) is 21.1. The summed E-state index contributed by atoms with van der Waals surface area (Å²) in [5.74, 6) is 0.849. The zero-order valence-corrected chi connectivity index (χ0v) is 15.8. The number of carbonyl (C=O) groups is 1. The molecule has 1 N–H and O–H groups in total. The van der Waals surface area contributed by atoms with E-state index in [0.29, 0.717) is 24.5 Å². The number of hydrogen-bond donors (Lipinski definition) is 1. The highest BCUT2D eigenvalue weighted by Gasteiger charge is 2.60. The van der Waals surface area contributed by atoms with Crippen molar-refractivity contribution in [1.29, 1.82) is 0 Å². The van der Waals surface area contributed by atoms with Gasteiger partial charge in [0.05, 0.1) is 26.4 Å². The Hall–Kier alpha value is -2.86. The Labute approximate surface area is 159 Å². The third kappa shape index (κ3) is 3.95. The second-order valence-electron chi connectivity index (χ2n) is 6.29. The summed E-state index contributed by atoms with van der Waals surface area (Å²) in [6.45, 7) is 2.49. The van der Waals surface area contributed by atoms with E-state index in [1.54, 1.807) is 32.6 Å². The molecule has 2 unspecified atom stereocenters. The molecule has 1 saturated carbocycles. The molecule has 1 fully saturated rings. The molecular formula is C21H24N2O4. The van der Waals surface area contributed by atoms with Gasteiger partial charge in [0.2, 0.25) is 5.91 Å². The van der Waals surface area contributed by atoms with Crippen molar-refractivity contribution in [2.24, 2.45) is 11.0 Å². The Morgan fingerprint density at radius 3 is 2.59 bits per heavy atom. The Balaban J connectivity index is 1.65. The van der Waals surface area contributed by atoms with Crippen LogP contribution in [0.15, 0.2) is 53.6 Å². The lowest BCUT2D eigenvalue weighted by molar-refractivity contribution is -0.124. The molecule has 0 bridgehead atoms. The molecule has 27 heavy (non-hydrogen) atoms. The fourth-order valence-electron chi connectivity index (χ4n) is 3.27. The molecule has 2 aromatic rings. The van der Waals surface area contributed by atoms with Crippen molar-refractivity contribution in [3.63, 3.8) is 0 Å². The molecule has 3 rings (SSSR count). The molecule has 1 aliphatic rings. The largest absolute Gasteiger partial charge is 0.493 e. The topological polar surface area (TPSA) is 69.2 Å². The van der Waals surface area contributed by atoms with Crippen molar-refractivity contribution in [3.05, 3.63) is 59.7 Å². The maximum Gasteiger partial charge on any atom is 0.246 e. The highest BCUT2D eigenvalue weighted by Crippen LogP contribution is 2.55. The van der Waals surface area contributed by atoms with Gasteiger partial charge in [0.15, 0.2) is 11.5 Å². The number of carbonyl (C=O) groups excluding carboxylic acids is 1. The zero-order chi connectivity index (χ0) is 19.3. The fraction of sp³-hybridized carbons (Fsp3) is 0.333. The molecule has 0 aromatic heterocycles. The van der Waals surface area contributed by atoms with Crippen LogP contribution < -0.4 is 14.9 Å². The van der Waals surface area contributed by atoms with Crippen molar-refractivity contribution >= 4 is 12.1 Å². The highest BCUT2D eigenvalue weighted by atomic mass is 16.5. The number of amides is 1. The van der Waals surface area contributed by atoms with Gasteiger partial charge in [-0.05, 0) is 42.7 Å². The molecular weight excluding hydrogens is 344 g/mol. The molecule has 0 heterocycles. The van der Waals surface area contributed by atoms with E-state index in [9.17, 15) is 4.79 Å². The lowest BCUT2D eigenvalue weighted by Gasteiger charge is -2.17. The van der Waals surface area contributed by atoms with Crippen molar-refractivity contribution < 1.29 is 19.0 Å². The molecule has 0 aliphatic heterocycles. The first-order valence-corrected chi connectivity index (χ1v) is 8.89. The maximum atomic E-state index is 12.5. The number of hydrazone groups is 1. The van der Waals surface area contributed by atoms with Gasteiger partial charge < -0.3 is 14.2 Å². The summed E-state index contributed by atoms with van der Waals surface area (Å²) in [4.78, 5) is 12.5. The van der Waals surface area contributed by atoms with Crippen LogP contribution in [0.3, 0.4) is 0 Å². The van der Waals surface area contributed by atoms with E-state index < -0.39 is 5.60 Å². The van der Waals surface area contributed by atoms with E-state index in [1.807, 2.05) is 43.3 Å². The van der Waals surface area contributed by atoms with Crippen LogP contribution in [0.2, 0.25) is 0 Å². The summed E-state index contributed by atoms with van der Waals surface area (Å²) in [5, 5.41) is 4.08. The quantitative estimate of drug-likeness (QED) is 0.574. The van der Waals surface area contributed by atoms with Crippen LogP contribution in [-0.2, 0) is 15.1 Å². The van der Waals surface area contributed by atoms with Crippen LogP contribution in [0.5, 0.6) is 11.5 Å². The Morgan fingerprint density at radius 2 is 1.93 bits per heavy atom. The molecule has 0 radical (unpaired) electrons. The lowest BCUT2D eigenvalue weighted by Crippen LogP contribution is -2.26. The SMILES string of the molecule is CCOC1(c2ccccc2)CC1C(=O)N/N=C/c1ccc(OC)c(OC)c1. The second-order valence-corrected chi connectivity index (χ2v) is 6.29. The van der Waals surface area contributed by atoms with Crippen LogP contribution in [0.25, 0.3) is 0 Å². The third-order valence-electron chi connectivity index (χ3n) is 4.69. The first-order chi connectivity index (χ1) is 13.1. The predicted molar refractivity (Wildman–Crippen MR) is 103 cm³/mol. The summed E-state index contributed by atoms with van der Waals surface area (Å²) >= 11 is 0. The fourth-order valence-corrected chi connectivity index (χ4v) is 3.27. The molecule has 142 valence electrons. The first kappa shape index (κ1) is 18.9. The van der Waals surface area contributed by atoms with Gasteiger partial charge in [-0.1, -0.05) is 30.3 Å². The van der Waals surface area contributed by atoms with Crippen LogP contribution in [-0.4, -0.2) is 32.9 Å². The molecule has 2 aromatic carbocycles. The van der Waals surface area contributed by atoms with E-state index in [1.165, 1.54) is 0 Å². The molecule has 6 nitrogen and oxygen atoms in total. The summed E-state index contributed by atoms with van der Waals surface area (Å²) < 4.78 is 16.4. The number of hydrogen-bond acceptors (Lipinski definition) is 5. The monoisotopic (exact) mass is 368 g/mol. The van der Waals surface area contributed by atoms with Gasteiger partial charge in [-0.25, -0.2) is 5.43 Å². The van der Waals surface area contributed by atoms with E-state index in [2.05, 4.69) is 10.5 Å². The number of benzene rings is 2. The molecule has 1 amide bonds. The first-order valence-electron chi connectivity index (χ1n) is 8.89. The Bertz CT molecular complexity index is 822. The summed E-state index contributed by atoms with van der Waals surface area (Å²) in [7, 11) is 3.16. The minimum absolute atomic E-state index is 0.149. The van der Waals surface area contributed by atoms with Gasteiger partial charge in [0, 0.05) is 6.61 Å². The Morgan fingerprint density at radius 1 is 1.19 bits per heavy atom. The van der Waals surface area contributed by atoms with Crippen LogP contribution >= 0.6 is 0 Å². The number of nitrogens with one attached hydrogen (secondary N) is 1. The van der Waals surface area contributed by atoms with Gasteiger partial charge in [0.25, 0.3) is 0 Å². The summed E-state index contributed by atoms with van der Waals surface area (Å²) in [6, 6.07) is 15.3. The molecule has 6 heteroatoms. The van der Waals surface area contributed by atoms with Gasteiger partial charge in [-0.2, -0.15) is 5.10 Å². The zero-order valence-electron chi connectivity index (χ0n) is 15.8. The second kappa shape index (κ2) is 8.22. The van der Waals surface area contributed by atoms with E-state index in [-0.39, 0.29) is 11.8 Å². The lowest BCUT2D eigenvalue weighted by atomic mass is 10.1. The van der Waals surface area contributed by atoms with Crippen molar-refractivity contribution in [3.8, 4) is 11.5 Å². The average Bonchev–Trinajstić information content (AvgIpc) is 3.44. The van der Waals surface area contributed by atoms with Crippen LogP contribution in [0, 0.1) is 5.92 Å². The number of ether oxygens (including phenoxy) is 3. The van der Waals surface area contributed by atoms with Gasteiger partial charge in [0.1, 0.15) is 5.60 Å².